The van der Waals surface area contributed by atoms with Crippen molar-refractivity contribution in [3.05, 3.63) is 99.5 Å². The average molecular weight is 481 g/mol. The third kappa shape index (κ3) is 5.42. The Bertz CT molecular complexity index is 1540. The Kier molecular flexibility index (Phi) is 7.12. The third-order valence-electron chi connectivity index (χ3n) is 5.22. The number of rotatable bonds is 7. The molecular formula is C28H24N4O4. The lowest BCUT2D eigenvalue weighted by Gasteiger charge is -2.11. The van der Waals surface area contributed by atoms with Crippen LogP contribution in [-0.2, 0) is 4.79 Å². The monoisotopic (exact) mass is 480 g/mol. The van der Waals surface area contributed by atoms with Crippen LogP contribution in [0.2, 0.25) is 0 Å². The summed E-state index contributed by atoms with van der Waals surface area (Å²) in [5.74, 6) is 0.482. The molecular weight excluding hydrogens is 456 g/mol. The molecule has 1 N–H and O–H groups in total. The number of nitrogens with one attached hydrogen (secondary N) is 1. The van der Waals surface area contributed by atoms with Crippen LogP contribution in [-0.4, -0.2) is 21.9 Å². The van der Waals surface area contributed by atoms with E-state index in [4.69, 9.17) is 9.47 Å². The number of nitriles is 1. The summed E-state index contributed by atoms with van der Waals surface area (Å²) >= 11 is 0. The molecule has 0 aliphatic carbocycles. The standard InChI is InChI=1S/C28H24N4O4/c1-4-35-22-10-8-21(9-11-22)30-26(33)20(17-29)16-24-27(36-23-14-18(2)13-19(3)15-23)31-25-7-5-6-12-32(25)28(24)34/h5-16H,4H2,1-3H3,(H,30,33). The molecule has 0 radical (unpaired) electrons. The van der Waals surface area contributed by atoms with Crippen LogP contribution >= 0.6 is 0 Å². The number of carbonyl (C=O) groups excluding carboxylic acids is 1. The number of nitrogens with zero attached hydrogens (tertiary/aromatic N) is 3. The van der Waals surface area contributed by atoms with Crippen LogP contribution in [0.3, 0.4) is 0 Å². The van der Waals surface area contributed by atoms with E-state index in [9.17, 15) is 14.9 Å². The van der Waals surface area contributed by atoms with Gasteiger partial charge >= 0.3 is 0 Å². The molecule has 4 aromatic rings. The summed E-state index contributed by atoms with van der Waals surface area (Å²) in [6, 6.07) is 19.4. The first-order chi connectivity index (χ1) is 17.4. The molecule has 1 amide bonds. The number of aryl methyl sites for hydroxylation is 2. The van der Waals surface area contributed by atoms with Gasteiger partial charge < -0.3 is 14.8 Å². The summed E-state index contributed by atoms with van der Waals surface area (Å²) in [4.78, 5) is 30.7. The fourth-order valence-electron chi connectivity index (χ4n) is 3.68. The van der Waals surface area contributed by atoms with Crippen molar-refractivity contribution >= 4 is 23.3 Å². The van der Waals surface area contributed by atoms with E-state index < -0.39 is 11.5 Å². The maximum absolute atomic E-state index is 13.3. The fraction of sp³-hybridized carbons (Fsp3) is 0.143. The van der Waals surface area contributed by atoms with Gasteiger partial charge in [0.1, 0.15) is 34.4 Å². The van der Waals surface area contributed by atoms with Gasteiger partial charge in [-0.25, -0.2) is 0 Å². The van der Waals surface area contributed by atoms with Gasteiger partial charge in [-0.1, -0.05) is 12.1 Å². The van der Waals surface area contributed by atoms with Gasteiger partial charge in [0, 0.05) is 11.9 Å². The van der Waals surface area contributed by atoms with Crippen molar-refractivity contribution in [1.29, 1.82) is 5.26 Å². The predicted molar refractivity (Wildman–Crippen MR) is 137 cm³/mol. The lowest BCUT2D eigenvalue weighted by molar-refractivity contribution is -0.112. The average Bonchev–Trinajstić information content (AvgIpc) is 2.85. The molecule has 0 saturated heterocycles. The SMILES string of the molecule is CCOc1ccc(NC(=O)C(C#N)=Cc2c(Oc3cc(C)cc(C)c3)nc3ccccn3c2=O)cc1. The van der Waals surface area contributed by atoms with E-state index in [1.54, 1.807) is 48.7 Å². The highest BCUT2D eigenvalue weighted by Gasteiger charge is 2.18. The van der Waals surface area contributed by atoms with Crippen LogP contribution in [0, 0.1) is 25.2 Å². The van der Waals surface area contributed by atoms with Crippen LogP contribution in [0.15, 0.2) is 77.2 Å². The first-order valence-electron chi connectivity index (χ1n) is 11.3. The molecule has 8 nitrogen and oxygen atoms in total. The second-order valence-corrected chi connectivity index (χ2v) is 8.07. The molecule has 2 aromatic carbocycles. The summed E-state index contributed by atoms with van der Waals surface area (Å²) in [7, 11) is 0. The Hall–Kier alpha value is -4.90. The number of hydrogen-bond donors (Lipinski definition) is 1. The maximum atomic E-state index is 13.3. The Morgan fingerprint density at radius 3 is 2.47 bits per heavy atom. The molecule has 0 fully saturated rings. The summed E-state index contributed by atoms with van der Waals surface area (Å²) < 4.78 is 12.8. The van der Waals surface area contributed by atoms with Crippen molar-refractivity contribution in [3.8, 4) is 23.4 Å². The van der Waals surface area contributed by atoms with Gasteiger partial charge in [-0.05, 0) is 86.5 Å². The number of carbonyl (C=O) groups is 1. The van der Waals surface area contributed by atoms with E-state index in [2.05, 4.69) is 10.3 Å². The molecule has 4 rings (SSSR count). The molecule has 0 unspecified atom stereocenters. The van der Waals surface area contributed by atoms with E-state index >= 15 is 0 Å². The predicted octanol–water partition coefficient (Wildman–Crippen LogP) is 5.05. The number of amides is 1. The van der Waals surface area contributed by atoms with Crippen molar-refractivity contribution in [2.45, 2.75) is 20.8 Å². The number of benzene rings is 2. The van der Waals surface area contributed by atoms with Gasteiger partial charge in [0.25, 0.3) is 11.5 Å². The number of fused-ring (bicyclic) bond motifs is 1. The van der Waals surface area contributed by atoms with Gasteiger partial charge in [-0.3, -0.25) is 14.0 Å². The third-order valence-corrected chi connectivity index (χ3v) is 5.22. The molecule has 0 bridgehead atoms. The zero-order chi connectivity index (χ0) is 25.7. The summed E-state index contributed by atoms with van der Waals surface area (Å²) in [5.41, 5.74) is 2.04. The lowest BCUT2D eigenvalue weighted by atomic mass is 10.1. The molecule has 0 aliphatic heterocycles. The van der Waals surface area contributed by atoms with Gasteiger partial charge in [0.15, 0.2) is 0 Å². The van der Waals surface area contributed by atoms with Gasteiger partial charge in [-0.15, -0.1) is 0 Å². The van der Waals surface area contributed by atoms with Gasteiger partial charge in [-0.2, -0.15) is 10.2 Å². The topological polar surface area (TPSA) is 106 Å². The zero-order valence-corrected chi connectivity index (χ0v) is 20.1. The minimum atomic E-state index is -0.670. The highest BCUT2D eigenvalue weighted by molar-refractivity contribution is 6.09. The minimum absolute atomic E-state index is 0.00202. The van der Waals surface area contributed by atoms with Crippen molar-refractivity contribution in [2.24, 2.45) is 0 Å². The van der Waals surface area contributed by atoms with Crippen molar-refractivity contribution in [2.75, 3.05) is 11.9 Å². The van der Waals surface area contributed by atoms with Crippen molar-refractivity contribution in [3.63, 3.8) is 0 Å². The Morgan fingerprint density at radius 2 is 1.81 bits per heavy atom. The van der Waals surface area contributed by atoms with Crippen LogP contribution in [0.5, 0.6) is 17.4 Å². The summed E-state index contributed by atoms with van der Waals surface area (Å²) in [6.07, 6.45) is 2.77. The molecule has 0 atom stereocenters. The molecule has 180 valence electrons. The van der Waals surface area contributed by atoms with Crippen LogP contribution in [0.4, 0.5) is 5.69 Å². The Labute approximate surface area is 208 Å². The smallest absolute Gasteiger partial charge is 0.269 e. The normalized spacial score (nSPS) is 11.1. The maximum Gasteiger partial charge on any atom is 0.269 e. The number of aromatic nitrogens is 2. The molecule has 0 spiro atoms. The van der Waals surface area contributed by atoms with E-state index in [0.29, 0.717) is 29.4 Å². The van der Waals surface area contributed by atoms with Gasteiger partial charge in [0.05, 0.1) is 6.61 Å². The molecule has 8 heteroatoms. The molecule has 2 heterocycles. The highest BCUT2D eigenvalue weighted by Crippen LogP contribution is 2.26. The van der Waals surface area contributed by atoms with Crippen LogP contribution < -0.4 is 20.3 Å². The second-order valence-electron chi connectivity index (χ2n) is 8.07. The summed E-state index contributed by atoms with van der Waals surface area (Å²) in [6.45, 7) is 6.27. The number of pyridine rings is 1. The molecule has 0 aliphatic rings. The molecule has 2 aromatic heterocycles. The van der Waals surface area contributed by atoms with E-state index in [-0.39, 0.29) is 17.0 Å². The van der Waals surface area contributed by atoms with E-state index in [1.807, 2.05) is 45.0 Å². The van der Waals surface area contributed by atoms with Gasteiger partial charge in [0.2, 0.25) is 5.88 Å². The Balaban J connectivity index is 1.75. The largest absolute Gasteiger partial charge is 0.494 e. The molecule has 0 saturated carbocycles. The minimum Gasteiger partial charge on any atom is -0.494 e. The zero-order valence-electron chi connectivity index (χ0n) is 20.1. The number of hydrogen-bond acceptors (Lipinski definition) is 6. The van der Waals surface area contributed by atoms with E-state index in [0.717, 1.165) is 11.1 Å². The van der Waals surface area contributed by atoms with Crippen LogP contribution in [0.1, 0.15) is 23.6 Å². The van der Waals surface area contributed by atoms with Crippen molar-refractivity contribution in [1.82, 2.24) is 9.38 Å². The van der Waals surface area contributed by atoms with Crippen LogP contribution in [0.25, 0.3) is 11.7 Å². The number of ether oxygens (including phenoxy) is 2. The quantitative estimate of drug-likeness (QED) is 0.293. The molecule has 36 heavy (non-hydrogen) atoms. The first-order valence-corrected chi connectivity index (χ1v) is 11.3. The number of anilines is 1. The Morgan fingerprint density at radius 1 is 1.08 bits per heavy atom. The lowest BCUT2D eigenvalue weighted by Crippen LogP contribution is -2.20. The fourth-order valence-corrected chi connectivity index (χ4v) is 3.68. The highest BCUT2D eigenvalue weighted by atomic mass is 16.5. The first kappa shape index (κ1) is 24.2. The summed E-state index contributed by atoms with van der Waals surface area (Å²) in [5, 5.41) is 12.4. The van der Waals surface area contributed by atoms with Crippen molar-refractivity contribution < 1.29 is 14.3 Å². The van der Waals surface area contributed by atoms with E-state index in [1.165, 1.54) is 10.5 Å². The second kappa shape index (κ2) is 10.6.